The fourth-order valence-electron chi connectivity index (χ4n) is 4.12. The minimum absolute atomic E-state index is 0.0189. The Kier molecular flexibility index (Phi) is 6.54. The SMILES string of the molecule is COc1ccc(-c2cc(-c3ccc(C)cc3)nc3sc(C(=O)Nc4cccc(C(F)(F)F)c4)c(N)c23)cc1. The van der Waals surface area contributed by atoms with Gasteiger partial charge in [-0.3, -0.25) is 4.79 Å². The van der Waals surface area contributed by atoms with E-state index in [9.17, 15) is 18.0 Å². The molecular formula is C29H22F3N3O2S. The maximum atomic E-state index is 13.2. The number of amides is 1. The van der Waals surface area contributed by atoms with Crippen LogP contribution in [-0.2, 0) is 6.18 Å². The molecule has 1 amide bonds. The number of aryl methyl sites for hydroxylation is 1. The number of hydrogen-bond acceptors (Lipinski definition) is 5. The lowest BCUT2D eigenvalue weighted by Crippen LogP contribution is -2.13. The number of thiophene rings is 1. The average Bonchev–Trinajstić information content (AvgIpc) is 3.25. The number of anilines is 2. The predicted octanol–water partition coefficient (Wildman–Crippen LogP) is 7.80. The minimum Gasteiger partial charge on any atom is -0.497 e. The predicted molar refractivity (Wildman–Crippen MR) is 146 cm³/mol. The number of methoxy groups -OCH3 is 1. The van der Waals surface area contributed by atoms with Crippen LogP contribution >= 0.6 is 11.3 Å². The lowest BCUT2D eigenvalue weighted by Gasteiger charge is -2.10. The van der Waals surface area contributed by atoms with Crippen LogP contribution in [0.5, 0.6) is 5.75 Å². The molecule has 5 aromatic rings. The Morgan fingerprint density at radius 3 is 2.32 bits per heavy atom. The maximum absolute atomic E-state index is 13.2. The summed E-state index contributed by atoms with van der Waals surface area (Å²) in [6, 6.07) is 21.8. The Hall–Kier alpha value is -4.37. The molecule has 0 saturated heterocycles. The molecule has 0 aliphatic carbocycles. The number of aromatic nitrogens is 1. The smallest absolute Gasteiger partial charge is 0.416 e. The van der Waals surface area contributed by atoms with Gasteiger partial charge in [0.05, 0.1) is 24.1 Å². The number of fused-ring (bicyclic) bond motifs is 1. The molecule has 0 atom stereocenters. The zero-order valence-corrected chi connectivity index (χ0v) is 21.2. The Morgan fingerprint density at radius 2 is 1.66 bits per heavy atom. The molecule has 0 radical (unpaired) electrons. The first-order chi connectivity index (χ1) is 18.1. The number of hydrogen-bond donors (Lipinski definition) is 2. The van der Waals surface area contributed by atoms with E-state index < -0.39 is 17.6 Å². The molecule has 5 rings (SSSR count). The minimum atomic E-state index is -4.53. The van der Waals surface area contributed by atoms with Gasteiger partial charge in [-0.1, -0.05) is 48.0 Å². The number of nitrogen functional groups attached to an aromatic ring is 1. The molecule has 0 unspecified atom stereocenters. The van der Waals surface area contributed by atoms with Gasteiger partial charge in [0.2, 0.25) is 0 Å². The average molecular weight is 534 g/mol. The van der Waals surface area contributed by atoms with Crippen molar-refractivity contribution in [2.24, 2.45) is 0 Å². The summed E-state index contributed by atoms with van der Waals surface area (Å²) in [5.74, 6) is 0.0830. The highest BCUT2D eigenvalue weighted by Gasteiger charge is 2.30. The lowest BCUT2D eigenvalue weighted by molar-refractivity contribution is -0.137. The van der Waals surface area contributed by atoms with E-state index in [2.05, 4.69) is 5.32 Å². The van der Waals surface area contributed by atoms with Crippen molar-refractivity contribution in [1.82, 2.24) is 4.98 Å². The molecule has 192 valence electrons. The largest absolute Gasteiger partial charge is 0.497 e. The molecule has 0 aliphatic heterocycles. The summed E-state index contributed by atoms with van der Waals surface area (Å²) in [5, 5.41) is 3.15. The summed E-state index contributed by atoms with van der Waals surface area (Å²) in [6.07, 6.45) is -4.53. The van der Waals surface area contributed by atoms with Gasteiger partial charge < -0.3 is 15.8 Å². The monoisotopic (exact) mass is 533 g/mol. The molecule has 0 spiro atoms. The fourth-order valence-corrected chi connectivity index (χ4v) is 5.14. The van der Waals surface area contributed by atoms with Crippen LogP contribution in [0.1, 0.15) is 20.8 Å². The first-order valence-electron chi connectivity index (χ1n) is 11.6. The van der Waals surface area contributed by atoms with Crippen molar-refractivity contribution in [1.29, 1.82) is 0 Å². The standard InChI is InChI=1S/C29H22F3N3O2S/c1-16-6-8-18(9-7-16)23-15-22(17-10-12-21(37-2)13-11-17)24-25(33)26(38-28(24)35-23)27(36)34-20-5-3-4-19(14-20)29(30,31)32/h3-15H,33H2,1-2H3,(H,34,36). The number of alkyl halides is 3. The number of benzene rings is 3. The quantitative estimate of drug-likeness (QED) is 0.242. The third kappa shape index (κ3) is 4.92. The van der Waals surface area contributed by atoms with Crippen molar-refractivity contribution in [2.45, 2.75) is 13.1 Å². The number of carbonyl (C=O) groups is 1. The van der Waals surface area contributed by atoms with Gasteiger partial charge in [-0.05, 0) is 54.4 Å². The summed E-state index contributed by atoms with van der Waals surface area (Å²) in [4.78, 5) is 18.7. The number of rotatable bonds is 5. The molecule has 2 aromatic heterocycles. The van der Waals surface area contributed by atoms with Crippen molar-refractivity contribution in [3.8, 4) is 28.1 Å². The van der Waals surface area contributed by atoms with Crippen molar-refractivity contribution >= 4 is 38.8 Å². The van der Waals surface area contributed by atoms with Crippen molar-refractivity contribution in [3.05, 3.63) is 94.9 Å². The van der Waals surface area contributed by atoms with Gasteiger partial charge >= 0.3 is 6.18 Å². The summed E-state index contributed by atoms with van der Waals surface area (Å²) in [7, 11) is 1.58. The second kappa shape index (κ2) is 9.83. The number of nitrogens with two attached hydrogens (primary N) is 1. The van der Waals surface area contributed by atoms with Crippen LogP contribution in [0.2, 0.25) is 0 Å². The molecule has 9 heteroatoms. The van der Waals surface area contributed by atoms with Crippen LogP contribution in [0.25, 0.3) is 32.6 Å². The van der Waals surface area contributed by atoms with Gasteiger partial charge in [0.15, 0.2) is 0 Å². The fraction of sp³-hybridized carbons (Fsp3) is 0.103. The summed E-state index contributed by atoms with van der Waals surface area (Å²) < 4.78 is 44.7. The number of nitrogens with one attached hydrogen (secondary N) is 1. The van der Waals surface area contributed by atoms with Gasteiger partial charge in [0.1, 0.15) is 15.5 Å². The van der Waals surface area contributed by atoms with Crippen molar-refractivity contribution in [3.63, 3.8) is 0 Å². The number of pyridine rings is 1. The third-order valence-electron chi connectivity index (χ3n) is 6.10. The Morgan fingerprint density at radius 1 is 0.974 bits per heavy atom. The molecule has 0 fully saturated rings. The van der Waals surface area contributed by atoms with Gasteiger partial charge in [-0.2, -0.15) is 13.2 Å². The van der Waals surface area contributed by atoms with Crippen LogP contribution in [0.3, 0.4) is 0 Å². The van der Waals surface area contributed by atoms with E-state index in [1.54, 1.807) is 7.11 Å². The Bertz CT molecular complexity index is 1640. The van der Waals surface area contributed by atoms with E-state index in [1.165, 1.54) is 12.1 Å². The van der Waals surface area contributed by atoms with Gasteiger partial charge in [0, 0.05) is 16.6 Å². The van der Waals surface area contributed by atoms with Crippen LogP contribution in [-0.4, -0.2) is 18.0 Å². The molecule has 3 aromatic carbocycles. The normalized spacial score (nSPS) is 11.5. The van der Waals surface area contributed by atoms with E-state index in [-0.39, 0.29) is 16.3 Å². The van der Waals surface area contributed by atoms with Gasteiger partial charge in [-0.15, -0.1) is 11.3 Å². The number of carbonyl (C=O) groups excluding carboxylic acids is 1. The topological polar surface area (TPSA) is 77.2 Å². The summed E-state index contributed by atoms with van der Waals surface area (Å²) in [5.41, 5.74) is 10.2. The molecule has 0 saturated carbocycles. The van der Waals surface area contributed by atoms with Crippen LogP contribution in [0, 0.1) is 6.92 Å². The summed E-state index contributed by atoms with van der Waals surface area (Å²) in [6.45, 7) is 2.00. The highest BCUT2D eigenvalue weighted by molar-refractivity contribution is 7.21. The first-order valence-corrected chi connectivity index (χ1v) is 12.4. The number of nitrogens with zero attached hydrogens (tertiary/aromatic N) is 1. The molecule has 3 N–H and O–H groups in total. The number of ether oxygens (including phenoxy) is 1. The van der Waals surface area contributed by atoms with E-state index in [4.69, 9.17) is 15.5 Å². The Balaban J connectivity index is 1.62. The van der Waals surface area contributed by atoms with E-state index in [1.807, 2.05) is 61.5 Å². The van der Waals surface area contributed by atoms with Crippen molar-refractivity contribution in [2.75, 3.05) is 18.2 Å². The highest BCUT2D eigenvalue weighted by atomic mass is 32.1. The molecule has 38 heavy (non-hydrogen) atoms. The molecular weight excluding hydrogens is 511 g/mol. The van der Waals surface area contributed by atoms with E-state index >= 15 is 0 Å². The van der Waals surface area contributed by atoms with Crippen LogP contribution < -0.4 is 15.8 Å². The van der Waals surface area contributed by atoms with E-state index in [0.717, 1.165) is 45.7 Å². The maximum Gasteiger partial charge on any atom is 0.416 e. The van der Waals surface area contributed by atoms with Crippen molar-refractivity contribution < 1.29 is 22.7 Å². The molecule has 5 nitrogen and oxygen atoms in total. The zero-order valence-electron chi connectivity index (χ0n) is 20.4. The lowest BCUT2D eigenvalue weighted by atomic mass is 9.99. The summed E-state index contributed by atoms with van der Waals surface area (Å²) >= 11 is 1.09. The second-order valence-electron chi connectivity index (χ2n) is 8.71. The van der Waals surface area contributed by atoms with E-state index in [0.29, 0.717) is 21.7 Å². The highest BCUT2D eigenvalue weighted by Crippen LogP contribution is 2.42. The van der Waals surface area contributed by atoms with Crippen LogP contribution in [0.4, 0.5) is 24.5 Å². The van der Waals surface area contributed by atoms with Gasteiger partial charge in [0.25, 0.3) is 5.91 Å². The third-order valence-corrected chi connectivity index (χ3v) is 7.20. The number of halogens is 3. The Labute approximate surface area is 220 Å². The van der Waals surface area contributed by atoms with Crippen LogP contribution in [0.15, 0.2) is 78.9 Å². The zero-order chi connectivity index (χ0) is 27.0. The molecule has 0 aliphatic rings. The first kappa shape index (κ1) is 25.3. The second-order valence-corrected chi connectivity index (χ2v) is 9.71. The molecule has 2 heterocycles. The molecule has 0 bridgehead atoms. The van der Waals surface area contributed by atoms with Gasteiger partial charge in [-0.25, -0.2) is 4.98 Å².